The van der Waals surface area contributed by atoms with Gasteiger partial charge in [-0.25, -0.2) is 0 Å². The molecule has 0 amide bonds. The first kappa shape index (κ1) is 26.5. The van der Waals surface area contributed by atoms with Gasteiger partial charge >= 0.3 is 0 Å². The number of benzene rings is 4. The van der Waals surface area contributed by atoms with E-state index >= 15 is 0 Å². The normalized spacial score (nSPS) is 13.9. The number of allylic oxidation sites excluding steroid dienone is 2. The Kier molecular flexibility index (Phi) is 7.39. The Bertz CT molecular complexity index is 1920. The second-order valence-electron chi connectivity index (χ2n) is 11.2. The molecule has 0 saturated heterocycles. The van der Waals surface area contributed by atoms with Crippen molar-refractivity contribution in [3.63, 3.8) is 0 Å². The average molecular weight is 534 g/mol. The molecule has 2 heteroatoms. The van der Waals surface area contributed by atoms with Crippen molar-refractivity contribution in [2.24, 2.45) is 0 Å². The fourth-order valence-corrected chi connectivity index (χ4v) is 6.03. The van der Waals surface area contributed by atoms with Gasteiger partial charge in [-0.1, -0.05) is 111 Å². The summed E-state index contributed by atoms with van der Waals surface area (Å²) in [5.41, 5.74) is 8.67. The molecule has 1 aliphatic carbocycles. The first-order valence-electron chi connectivity index (χ1n) is 14.5. The van der Waals surface area contributed by atoms with Gasteiger partial charge in [0.1, 0.15) is 12.8 Å². The predicted octanol–water partition coefficient (Wildman–Crippen LogP) is 7.81. The fourth-order valence-electron chi connectivity index (χ4n) is 6.03. The van der Waals surface area contributed by atoms with Crippen LogP contribution in [0.15, 0.2) is 127 Å². The van der Waals surface area contributed by atoms with E-state index in [1.807, 2.05) is 0 Å². The van der Waals surface area contributed by atoms with Crippen LogP contribution in [0.5, 0.6) is 0 Å². The zero-order valence-electron chi connectivity index (χ0n) is 24.2. The van der Waals surface area contributed by atoms with Crippen LogP contribution in [0.1, 0.15) is 48.2 Å². The Morgan fingerprint density at radius 3 is 2.27 bits per heavy atom. The van der Waals surface area contributed by atoms with Gasteiger partial charge in [-0.2, -0.15) is 4.24 Å². The van der Waals surface area contributed by atoms with Gasteiger partial charge in [0.25, 0.3) is 0 Å². The van der Waals surface area contributed by atoms with Crippen LogP contribution >= 0.6 is 0 Å². The van der Waals surface area contributed by atoms with Crippen molar-refractivity contribution in [1.82, 2.24) is 0 Å². The maximum atomic E-state index is 4.67. The van der Waals surface area contributed by atoms with Crippen molar-refractivity contribution in [2.45, 2.75) is 32.2 Å². The summed E-state index contributed by atoms with van der Waals surface area (Å²) in [5, 5.41) is 3.60. The van der Waals surface area contributed by atoms with Crippen LogP contribution in [-0.4, -0.2) is 7.05 Å². The SMILES string of the molecule is C=[n+]1c(C(c2ccccc2-c2ccccc2)N(C)c2ccc(C(C)C)cc2)ccc/c1=c1/cccc2c1=CC=CC2. The largest absolute Gasteiger partial charge is 0.358 e. The number of hydrogen-bond donors (Lipinski definition) is 0. The highest BCUT2D eigenvalue weighted by Crippen LogP contribution is 2.36. The van der Waals surface area contributed by atoms with E-state index in [1.54, 1.807) is 0 Å². The second kappa shape index (κ2) is 11.4. The lowest BCUT2D eigenvalue weighted by atomic mass is 9.91. The highest BCUT2D eigenvalue weighted by molar-refractivity contribution is 5.70. The molecule has 1 atom stereocenters. The number of hydrogen-bond acceptors (Lipinski definition) is 1. The lowest BCUT2D eigenvalue weighted by molar-refractivity contribution is -0.521. The number of nitrogens with zero attached hydrogens (tertiary/aromatic N) is 2. The van der Waals surface area contributed by atoms with Crippen molar-refractivity contribution < 1.29 is 4.24 Å². The molecule has 0 saturated carbocycles. The molecular formula is C39H37N2+. The average Bonchev–Trinajstić information content (AvgIpc) is 3.02. The summed E-state index contributed by atoms with van der Waals surface area (Å²) in [6.45, 7) is 9.15. The molecule has 0 fully saturated rings. The van der Waals surface area contributed by atoms with Gasteiger partial charge in [-0.3, -0.25) is 0 Å². The van der Waals surface area contributed by atoms with Crippen molar-refractivity contribution in [2.75, 3.05) is 11.9 Å². The molecule has 4 aromatic carbocycles. The molecule has 41 heavy (non-hydrogen) atoms. The molecule has 0 spiro atoms. The lowest BCUT2D eigenvalue weighted by Gasteiger charge is -2.30. The highest BCUT2D eigenvalue weighted by Gasteiger charge is 2.29. The van der Waals surface area contributed by atoms with E-state index in [-0.39, 0.29) is 6.04 Å². The van der Waals surface area contributed by atoms with E-state index in [0.29, 0.717) is 5.92 Å². The summed E-state index contributed by atoms with van der Waals surface area (Å²) in [7, 11) is 2.20. The molecule has 1 heterocycles. The molecule has 1 unspecified atom stereocenters. The summed E-state index contributed by atoms with van der Waals surface area (Å²) >= 11 is 0. The van der Waals surface area contributed by atoms with E-state index in [2.05, 4.69) is 170 Å². The highest BCUT2D eigenvalue weighted by atomic mass is 15.1. The summed E-state index contributed by atoms with van der Waals surface area (Å²) in [5.74, 6) is 0.492. The third kappa shape index (κ3) is 5.14. The standard InChI is InChI=1S/C39H37N2/c1-28(2)29-24-26-32(27-25-29)40(3)39(36-20-11-10-19-34(36)30-14-6-5-7-15-30)38-23-13-22-37(41(38)4)35-21-12-17-31-16-8-9-18-33(31)35/h5-15,17-28,39H,4,16H2,1-3H3/q+1/b37-35+. The first-order valence-corrected chi connectivity index (χ1v) is 14.5. The van der Waals surface area contributed by atoms with Crippen molar-refractivity contribution in [3.8, 4) is 11.1 Å². The summed E-state index contributed by atoms with van der Waals surface area (Å²) in [4.78, 5) is 2.39. The van der Waals surface area contributed by atoms with Crippen LogP contribution in [0.4, 0.5) is 5.69 Å². The van der Waals surface area contributed by atoms with Gasteiger partial charge in [0.05, 0.1) is 5.22 Å². The first-order chi connectivity index (χ1) is 20.0. The summed E-state index contributed by atoms with van der Waals surface area (Å²) in [6.07, 6.45) is 7.57. The Balaban J connectivity index is 1.63. The van der Waals surface area contributed by atoms with Crippen molar-refractivity contribution >= 4 is 11.8 Å². The fraction of sp³-hybridized carbons (Fsp3) is 0.154. The molecule has 0 radical (unpaired) electrons. The van der Waals surface area contributed by atoms with Gasteiger partial charge in [0, 0.05) is 24.9 Å². The van der Waals surface area contributed by atoms with E-state index in [1.165, 1.54) is 43.9 Å². The Hall–Kier alpha value is -4.69. The summed E-state index contributed by atoms with van der Waals surface area (Å²) in [6, 6.07) is 41.6. The van der Waals surface area contributed by atoms with Gasteiger partial charge in [0.15, 0.2) is 0 Å². The maximum Gasteiger partial charge on any atom is 0.218 e. The number of rotatable bonds is 6. The Morgan fingerprint density at radius 2 is 1.49 bits per heavy atom. The molecule has 6 rings (SSSR count). The van der Waals surface area contributed by atoms with E-state index in [9.17, 15) is 0 Å². The minimum absolute atomic E-state index is 0.0721. The Morgan fingerprint density at radius 1 is 0.756 bits per heavy atom. The van der Waals surface area contributed by atoms with E-state index in [4.69, 9.17) is 0 Å². The molecule has 1 aliphatic rings. The Labute approximate surface area is 243 Å². The van der Waals surface area contributed by atoms with Crippen LogP contribution < -0.4 is 14.4 Å². The van der Waals surface area contributed by atoms with Crippen molar-refractivity contribution in [1.29, 1.82) is 0 Å². The molecular weight excluding hydrogens is 496 g/mol. The smallest absolute Gasteiger partial charge is 0.218 e. The molecule has 0 N–H and O–H groups in total. The van der Waals surface area contributed by atoms with Gasteiger partial charge in [-0.15, -0.1) is 0 Å². The second-order valence-corrected chi connectivity index (χ2v) is 11.2. The predicted molar refractivity (Wildman–Crippen MR) is 171 cm³/mol. The number of anilines is 1. The van der Waals surface area contributed by atoms with Crippen LogP contribution in [0.2, 0.25) is 0 Å². The van der Waals surface area contributed by atoms with Crippen LogP contribution in [0.25, 0.3) is 17.2 Å². The monoisotopic (exact) mass is 533 g/mol. The van der Waals surface area contributed by atoms with E-state index in [0.717, 1.165) is 17.5 Å². The summed E-state index contributed by atoms with van der Waals surface area (Å²) < 4.78 is 2.15. The number of fused-ring (bicyclic) bond motifs is 1. The molecule has 2 nitrogen and oxygen atoms in total. The zero-order valence-corrected chi connectivity index (χ0v) is 24.2. The molecule has 0 aliphatic heterocycles. The minimum Gasteiger partial charge on any atom is -0.358 e. The minimum atomic E-state index is -0.0721. The topological polar surface area (TPSA) is 9.14 Å². The molecule has 202 valence electrons. The quantitative estimate of drug-likeness (QED) is 0.202. The van der Waals surface area contributed by atoms with E-state index < -0.39 is 0 Å². The van der Waals surface area contributed by atoms with Gasteiger partial charge < -0.3 is 4.90 Å². The molecule has 5 aromatic rings. The zero-order chi connectivity index (χ0) is 28.3. The van der Waals surface area contributed by atoms with Crippen LogP contribution in [-0.2, 0) is 6.42 Å². The lowest BCUT2D eigenvalue weighted by Crippen LogP contribution is -2.35. The van der Waals surface area contributed by atoms with Crippen LogP contribution in [0, 0.1) is 17.3 Å². The molecule has 1 aromatic heterocycles. The third-order valence-corrected chi connectivity index (χ3v) is 8.31. The third-order valence-electron chi connectivity index (χ3n) is 8.31. The number of aromatic nitrogens is 1. The maximum absolute atomic E-state index is 4.67. The number of pyridine rings is 1. The molecule has 0 bridgehead atoms. The van der Waals surface area contributed by atoms with Crippen molar-refractivity contribution in [3.05, 3.63) is 172 Å². The van der Waals surface area contributed by atoms with Gasteiger partial charge in [-0.05, 0) is 69.6 Å². The van der Waals surface area contributed by atoms with Crippen LogP contribution in [0.3, 0.4) is 0 Å². The van der Waals surface area contributed by atoms with Gasteiger partial charge in [0.2, 0.25) is 11.0 Å².